The third kappa shape index (κ3) is 3.45. The lowest BCUT2D eigenvalue weighted by Crippen LogP contribution is -2.15. The van der Waals surface area contributed by atoms with Gasteiger partial charge in [0, 0.05) is 12.2 Å². The second kappa shape index (κ2) is 6.24. The van der Waals surface area contributed by atoms with Crippen LogP contribution < -0.4 is 5.32 Å². The number of nitriles is 1. The molecule has 0 aliphatic rings. The molecule has 1 heterocycles. The maximum Gasteiger partial charge on any atom is 0.144 e. The SMILES string of the molecule is CCC(CC)CNc1nc(C)cc(C)c1C#N. The van der Waals surface area contributed by atoms with Gasteiger partial charge in [-0.25, -0.2) is 4.98 Å². The van der Waals surface area contributed by atoms with Crippen LogP contribution in [0.3, 0.4) is 0 Å². The smallest absolute Gasteiger partial charge is 0.144 e. The minimum atomic E-state index is 0.643. The Hall–Kier alpha value is -1.56. The van der Waals surface area contributed by atoms with Crippen LogP contribution in [0.2, 0.25) is 0 Å². The Bertz CT molecular complexity index is 414. The molecular weight excluding hydrogens is 210 g/mol. The Morgan fingerprint density at radius 1 is 1.35 bits per heavy atom. The van der Waals surface area contributed by atoms with Crippen LogP contribution in [0.15, 0.2) is 6.07 Å². The fourth-order valence-corrected chi connectivity index (χ4v) is 1.92. The molecule has 1 N–H and O–H groups in total. The van der Waals surface area contributed by atoms with Gasteiger partial charge in [0.15, 0.2) is 0 Å². The third-order valence-corrected chi connectivity index (χ3v) is 3.17. The van der Waals surface area contributed by atoms with Gasteiger partial charge in [-0.15, -0.1) is 0 Å². The molecule has 0 radical (unpaired) electrons. The largest absolute Gasteiger partial charge is 0.369 e. The van der Waals surface area contributed by atoms with Crippen LogP contribution in [-0.4, -0.2) is 11.5 Å². The van der Waals surface area contributed by atoms with Crippen molar-refractivity contribution in [1.29, 1.82) is 5.26 Å². The van der Waals surface area contributed by atoms with E-state index in [-0.39, 0.29) is 0 Å². The van der Waals surface area contributed by atoms with E-state index in [0.29, 0.717) is 11.5 Å². The van der Waals surface area contributed by atoms with Crippen LogP contribution in [0.1, 0.15) is 43.5 Å². The highest BCUT2D eigenvalue weighted by molar-refractivity contribution is 5.56. The second-order valence-corrected chi connectivity index (χ2v) is 4.48. The number of anilines is 1. The summed E-state index contributed by atoms with van der Waals surface area (Å²) in [4.78, 5) is 4.41. The van der Waals surface area contributed by atoms with Crippen molar-refractivity contribution < 1.29 is 0 Å². The molecule has 0 atom stereocenters. The van der Waals surface area contributed by atoms with E-state index in [0.717, 1.165) is 36.5 Å². The molecule has 0 aliphatic carbocycles. The monoisotopic (exact) mass is 231 g/mol. The van der Waals surface area contributed by atoms with Crippen LogP contribution in [-0.2, 0) is 0 Å². The second-order valence-electron chi connectivity index (χ2n) is 4.48. The molecular formula is C14H21N3. The molecule has 1 aromatic rings. The van der Waals surface area contributed by atoms with E-state index in [2.05, 4.69) is 30.2 Å². The summed E-state index contributed by atoms with van der Waals surface area (Å²) >= 11 is 0. The molecule has 92 valence electrons. The van der Waals surface area contributed by atoms with Crippen LogP contribution >= 0.6 is 0 Å². The van der Waals surface area contributed by atoms with E-state index in [1.54, 1.807) is 0 Å². The Labute approximate surface area is 104 Å². The van der Waals surface area contributed by atoms with E-state index in [4.69, 9.17) is 5.26 Å². The lowest BCUT2D eigenvalue weighted by molar-refractivity contribution is 0.518. The van der Waals surface area contributed by atoms with Crippen molar-refractivity contribution >= 4 is 5.82 Å². The Morgan fingerprint density at radius 3 is 2.53 bits per heavy atom. The summed E-state index contributed by atoms with van der Waals surface area (Å²) in [5, 5.41) is 12.5. The average Bonchev–Trinajstić information content (AvgIpc) is 2.29. The van der Waals surface area contributed by atoms with Gasteiger partial charge in [-0.05, 0) is 31.4 Å². The van der Waals surface area contributed by atoms with Crippen LogP contribution in [0.25, 0.3) is 0 Å². The van der Waals surface area contributed by atoms with Crippen LogP contribution in [0.5, 0.6) is 0 Å². The van der Waals surface area contributed by atoms with Gasteiger partial charge in [-0.3, -0.25) is 0 Å². The predicted molar refractivity (Wildman–Crippen MR) is 71.0 cm³/mol. The molecule has 0 spiro atoms. The number of aryl methyl sites for hydroxylation is 2. The number of aromatic nitrogens is 1. The average molecular weight is 231 g/mol. The van der Waals surface area contributed by atoms with E-state index in [9.17, 15) is 0 Å². The third-order valence-electron chi connectivity index (χ3n) is 3.17. The van der Waals surface area contributed by atoms with Gasteiger partial charge in [0.05, 0.1) is 5.56 Å². The summed E-state index contributed by atoms with van der Waals surface area (Å²) in [5.41, 5.74) is 2.61. The molecule has 0 aliphatic heterocycles. The Kier molecular flexibility index (Phi) is 4.96. The summed E-state index contributed by atoms with van der Waals surface area (Å²) in [5.74, 6) is 1.38. The van der Waals surface area contributed by atoms with E-state index < -0.39 is 0 Å². The molecule has 0 fully saturated rings. The molecule has 3 heteroatoms. The minimum absolute atomic E-state index is 0.643. The fraction of sp³-hybridized carbons (Fsp3) is 0.571. The Balaban J connectivity index is 2.87. The van der Waals surface area contributed by atoms with E-state index in [1.165, 1.54) is 0 Å². The summed E-state index contributed by atoms with van der Waals surface area (Å²) in [6, 6.07) is 4.17. The zero-order valence-electron chi connectivity index (χ0n) is 11.2. The van der Waals surface area contributed by atoms with Crippen molar-refractivity contribution in [1.82, 2.24) is 4.98 Å². The van der Waals surface area contributed by atoms with Gasteiger partial charge in [0.2, 0.25) is 0 Å². The van der Waals surface area contributed by atoms with Crippen LogP contribution in [0, 0.1) is 31.1 Å². The molecule has 0 unspecified atom stereocenters. The molecule has 0 saturated heterocycles. The maximum absolute atomic E-state index is 9.14. The number of nitrogens with one attached hydrogen (secondary N) is 1. The van der Waals surface area contributed by atoms with E-state index >= 15 is 0 Å². The standard InChI is InChI=1S/C14H21N3/c1-5-12(6-2)9-16-14-13(8-15)10(3)7-11(4)17-14/h7,12H,5-6,9H2,1-4H3,(H,16,17). The van der Waals surface area contributed by atoms with E-state index in [1.807, 2.05) is 19.9 Å². The summed E-state index contributed by atoms with van der Waals surface area (Å²) < 4.78 is 0. The first-order valence-electron chi connectivity index (χ1n) is 6.24. The number of hydrogen-bond acceptors (Lipinski definition) is 3. The quantitative estimate of drug-likeness (QED) is 0.844. The highest BCUT2D eigenvalue weighted by atomic mass is 15.0. The molecule has 0 amide bonds. The fourth-order valence-electron chi connectivity index (χ4n) is 1.92. The van der Waals surface area contributed by atoms with Crippen molar-refractivity contribution in [3.8, 4) is 6.07 Å². The number of pyridine rings is 1. The molecule has 17 heavy (non-hydrogen) atoms. The van der Waals surface area contributed by atoms with Gasteiger partial charge in [0.25, 0.3) is 0 Å². The maximum atomic E-state index is 9.14. The zero-order valence-corrected chi connectivity index (χ0v) is 11.2. The zero-order chi connectivity index (χ0) is 12.8. The number of hydrogen-bond donors (Lipinski definition) is 1. The Morgan fingerprint density at radius 2 is 2.00 bits per heavy atom. The van der Waals surface area contributed by atoms with Crippen molar-refractivity contribution in [2.24, 2.45) is 5.92 Å². The van der Waals surface area contributed by atoms with Crippen molar-refractivity contribution in [2.45, 2.75) is 40.5 Å². The predicted octanol–water partition coefficient (Wildman–Crippen LogP) is 3.42. The van der Waals surface area contributed by atoms with Gasteiger partial charge in [0.1, 0.15) is 11.9 Å². The molecule has 0 saturated carbocycles. The summed E-state index contributed by atoms with van der Waals surface area (Å²) in [7, 11) is 0. The molecule has 1 aromatic heterocycles. The first-order chi connectivity index (χ1) is 8.12. The van der Waals surface area contributed by atoms with Gasteiger partial charge >= 0.3 is 0 Å². The summed E-state index contributed by atoms with van der Waals surface area (Å²) in [6.07, 6.45) is 2.30. The lowest BCUT2D eigenvalue weighted by Gasteiger charge is -2.15. The van der Waals surface area contributed by atoms with Crippen molar-refractivity contribution in [2.75, 3.05) is 11.9 Å². The topological polar surface area (TPSA) is 48.7 Å². The highest BCUT2D eigenvalue weighted by Crippen LogP contribution is 2.18. The normalized spacial score (nSPS) is 10.4. The highest BCUT2D eigenvalue weighted by Gasteiger charge is 2.10. The minimum Gasteiger partial charge on any atom is -0.369 e. The molecule has 0 aromatic carbocycles. The van der Waals surface area contributed by atoms with Gasteiger partial charge in [-0.1, -0.05) is 26.7 Å². The first-order valence-corrected chi connectivity index (χ1v) is 6.24. The molecule has 1 rings (SSSR count). The number of rotatable bonds is 5. The van der Waals surface area contributed by atoms with Crippen molar-refractivity contribution in [3.05, 3.63) is 22.9 Å². The molecule has 3 nitrogen and oxygen atoms in total. The van der Waals surface area contributed by atoms with Crippen molar-refractivity contribution in [3.63, 3.8) is 0 Å². The lowest BCUT2D eigenvalue weighted by atomic mass is 10.0. The van der Waals surface area contributed by atoms with Crippen LogP contribution in [0.4, 0.5) is 5.82 Å². The molecule has 0 bridgehead atoms. The number of nitrogens with zero attached hydrogens (tertiary/aromatic N) is 2. The van der Waals surface area contributed by atoms with Gasteiger partial charge < -0.3 is 5.32 Å². The summed E-state index contributed by atoms with van der Waals surface area (Å²) in [6.45, 7) is 9.18. The van der Waals surface area contributed by atoms with Gasteiger partial charge in [-0.2, -0.15) is 5.26 Å². The first kappa shape index (κ1) is 13.5.